The van der Waals surface area contributed by atoms with E-state index < -0.39 is 12.0 Å². The van der Waals surface area contributed by atoms with Crippen LogP contribution in [0.25, 0.3) is 0 Å². The van der Waals surface area contributed by atoms with E-state index >= 15 is 0 Å². The first-order chi connectivity index (χ1) is 11.2. The van der Waals surface area contributed by atoms with Crippen LogP contribution in [0.2, 0.25) is 0 Å². The van der Waals surface area contributed by atoms with Crippen molar-refractivity contribution in [2.45, 2.75) is 12.0 Å². The highest BCUT2D eigenvalue weighted by atomic mass is 16.5. The molecule has 23 heavy (non-hydrogen) atoms. The van der Waals surface area contributed by atoms with E-state index in [1.54, 1.807) is 57.1 Å². The minimum Gasteiger partial charge on any atom is -0.493 e. The molecule has 2 heterocycles. The lowest BCUT2D eigenvalue weighted by molar-refractivity contribution is 0.139. The molecular weight excluding hydrogens is 296 g/mol. The number of methoxy groups -OCH3 is 2. The predicted molar refractivity (Wildman–Crippen MR) is 83.8 cm³/mol. The van der Waals surface area contributed by atoms with Crippen molar-refractivity contribution in [3.63, 3.8) is 0 Å². The second kappa shape index (κ2) is 6.62. The van der Waals surface area contributed by atoms with Gasteiger partial charge in [0.25, 0.3) is 0 Å². The zero-order valence-corrected chi connectivity index (χ0v) is 12.9. The summed E-state index contributed by atoms with van der Waals surface area (Å²) in [7, 11) is 3.13. The number of rotatable bonds is 6. The average molecular weight is 314 g/mol. The average Bonchev–Trinajstić information content (AvgIpc) is 3.28. The van der Waals surface area contributed by atoms with Crippen LogP contribution in [-0.2, 0) is 0 Å². The van der Waals surface area contributed by atoms with Crippen LogP contribution in [0.4, 0.5) is 0 Å². The molecule has 5 nitrogen and oxygen atoms in total. The fourth-order valence-corrected chi connectivity index (χ4v) is 2.62. The molecule has 1 N–H and O–H groups in total. The molecule has 0 saturated heterocycles. The number of hydrogen-bond donors (Lipinski definition) is 1. The minimum absolute atomic E-state index is 0.446. The van der Waals surface area contributed by atoms with E-state index in [0.29, 0.717) is 28.6 Å². The van der Waals surface area contributed by atoms with E-state index in [1.165, 1.54) is 0 Å². The van der Waals surface area contributed by atoms with Crippen LogP contribution >= 0.6 is 0 Å². The van der Waals surface area contributed by atoms with E-state index in [0.717, 1.165) is 0 Å². The van der Waals surface area contributed by atoms with Gasteiger partial charge in [-0.05, 0) is 42.0 Å². The van der Waals surface area contributed by atoms with Gasteiger partial charge in [0.1, 0.15) is 17.4 Å². The van der Waals surface area contributed by atoms with Crippen molar-refractivity contribution in [1.29, 1.82) is 0 Å². The third kappa shape index (κ3) is 2.96. The Morgan fingerprint density at radius 3 is 1.96 bits per heavy atom. The highest BCUT2D eigenvalue weighted by molar-refractivity contribution is 5.44. The van der Waals surface area contributed by atoms with Crippen LogP contribution < -0.4 is 9.47 Å². The normalized spacial score (nSPS) is 12.3. The van der Waals surface area contributed by atoms with Crippen LogP contribution in [-0.4, -0.2) is 19.3 Å². The Bertz CT molecular complexity index is 697. The molecular formula is C18H18O5. The topological polar surface area (TPSA) is 65.0 Å². The Balaban J connectivity index is 2.00. The highest BCUT2D eigenvalue weighted by Gasteiger charge is 2.30. The van der Waals surface area contributed by atoms with Crippen LogP contribution in [0.15, 0.2) is 63.8 Å². The molecule has 0 saturated carbocycles. The maximum absolute atomic E-state index is 10.9. The Morgan fingerprint density at radius 2 is 1.48 bits per heavy atom. The summed E-state index contributed by atoms with van der Waals surface area (Å²) in [6.07, 6.45) is 2.30. The molecule has 0 aliphatic carbocycles. The molecule has 0 radical (unpaired) electrons. The molecule has 0 amide bonds. The molecule has 120 valence electrons. The zero-order valence-electron chi connectivity index (χ0n) is 12.9. The number of aliphatic hydroxyl groups is 1. The minimum atomic E-state index is -0.855. The van der Waals surface area contributed by atoms with Crippen molar-refractivity contribution in [2.24, 2.45) is 0 Å². The molecule has 3 aromatic rings. The van der Waals surface area contributed by atoms with E-state index in [1.807, 2.05) is 12.1 Å². The van der Waals surface area contributed by atoms with Gasteiger partial charge in [0.2, 0.25) is 0 Å². The fourth-order valence-electron chi connectivity index (χ4n) is 2.62. The molecule has 1 unspecified atom stereocenters. The Morgan fingerprint density at radius 1 is 0.870 bits per heavy atom. The van der Waals surface area contributed by atoms with Crippen LogP contribution in [0.3, 0.4) is 0 Å². The zero-order chi connectivity index (χ0) is 16.2. The summed E-state index contributed by atoms with van der Waals surface area (Å²) in [5.41, 5.74) is 0.681. The van der Waals surface area contributed by atoms with Crippen molar-refractivity contribution in [3.05, 3.63) is 72.1 Å². The van der Waals surface area contributed by atoms with Crippen LogP contribution in [0.1, 0.15) is 29.1 Å². The van der Waals surface area contributed by atoms with Crippen molar-refractivity contribution >= 4 is 0 Å². The molecule has 1 aromatic carbocycles. The molecule has 0 fully saturated rings. The van der Waals surface area contributed by atoms with Crippen molar-refractivity contribution in [3.8, 4) is 11.5 Å². The number of aliphatic hydroxyl groups excluding tert-OH is 1. The molecule has 5 heteroatoms. The van der Waals surface area contributed by atoms with Gasteiger partial charge in [0, 0.05) is 0 Å². The number of furan rings is 2. The van der Waals surface area contributed by atoms with Crippen molar-refractivity contribution < 1.29 is 23.4 Å². The van der Waals surface area contributed by atoms with E-state index in [2.05, 4.69) is 0 Å². The fraction of sp³-hybridized carbons (Fsp3) is 0.222. The maximum Gasteiger partial charge on any atom is 0.161 e. The van der Waals surface area contributed by atoms with Gasteiger partial charge in [-0.1, -0.05) is 6.07 Å². The number of ether oxygens (including phenoxy) is 2. The molecule has 2 aromatic heterocycles. The lowest BCUT2D eigenvalue weighted by Crippen LogP contribution is -2.11. The first-order valence-corrected chi connectivity index (χ1v) is 7.21. The quantitative estimate of drug-likeness (QED) is 0.750. The summed E-state index contributed by atoms with van der Waals surface area (Å²) in [6, 6.07) is 12.5. The van der Waals surface area contributed by atoms with Gasteiger partial charge >= 0.3 is 0 Å². The van der Waals surface area contributed by atoms with Crippen LogP contribution in [0, 0.1) is 0 Å². The second-order valence-corrected chi connectivity index (χ2v) is 5.07. The SMILES string of the molecule is COc1ccc(C(O)C(c2ccco2)c2ccco2)cc1OC. The molecule has 3 rings (SSSR count). The third-order valence-electron chi connectivity index (χ3n) is 3.76. The van der Waals surface area contributed by atoms with Gasteiger partial charge in [-0.25, -0.2) is 0 Å². The first kappa shape index (κ1) is 15.2. The summed E-state index contributed by atoms with van der Waals surface area (Å²) in [6.45, 7) is 0. The number of benzene rings is 1. The Kier molecular flexibility index (Phi) is 4.39. The second-order valence-electron chi connectivity index (χ2n) is 5.07. The van der Waals surface area contributed by atoms with Gasteiger partial charge in [0.15, 0.2) is 11.5 Å². The van der Waals surface area contributed by atoms with Gasteiger partial charge in [-0.15, -0.1) is 0 Å². The molecule has 0 aliphatic rings. The lowest BCUT2D eigenvalue weighted by atomic mass is 9.91. The smallest absolute Gasteiger partial charge is 0.161 e. The van der Waals surface area contributed by atoms with Crippen molar-refractivity contribution in [1.82, 2.24) is 0 Å². The number of hydrogen-bond acceptors (Lipinski definition) is 5. The van der Waals surface area contributed by atoms with Gasteiger partial charge in [0.05, 0.1) is 32.8 Å². The molecule has 0 bridgehead atoms. The largest absolute Gasteiger partial charge is 0.493 e. The molecule has 0 aliphatic heterocycles. The summed E-state index contributed by atoms with van der Waals surface area (Å²) in [5, 5.41) is 10.9. The van der Waals surface area contributed by atoms with Gasteiger partial charge in [-0.3, -0.25) is 0 Å². The predicted octanol–water partition coefficient (Wildman–Crippen LogP) is 3.76. The standard InChI is InChI=1S/C18H18O5/c1-20-13-8-7-12(11-16(13)21-2)18(19)17(14-5-3-9-22-14)15-6-4-10-23-15/h3-11,17-19H,1-2H3. The summed E-state index contributed by atoms with van der Waals surface area (Å²) in [4.78, 5) is 0. The summed E-state index contributed by atoms with van der Waals surface area (Å²) >= 11 is 0. The van der Waals surface area contributed by atoms with Gasteiger partial charge in [-0.2, -0.15) is 0 Å². The molecule has 1 atom stereocenters. The summed E-state index contributed by atoms with van der Waals surface area (Å²) in [5.74, 6) is 1.97. The lowest BCUT2D eigenvalue weighted by Gasteiger charge is -2.20. The van der Waals surface area contributed by atoms with E-state index in [4.69, 9.17) is 18.3 Å². The van der Waals surface area contributed by atoms with E-state index in [9.17, 15) is 5.11 Å². The third-order valence-corrected chi connectivity index (χ3v) is 3.76. The first-order valence-electron chi connectivity index (χ1n) is 7.21. The van der Waals surface area contributed by atoms with E-state index in [-0.39, 0.29) is 0 Å². The Hall–Kier alpha value is -2.66. The van der Waals surface area contributed by atoms with Crippen molar-refractivity contribution in [2.75, 3.05) is 14.2 Å². The summed E-state index contributed by atoms with van der Waals surface area (Å²) < 4.78 is 21.5. The molecule has 0 spiro atoms. The highest BCUT2D eigenvalue weighted by Crippen LogP contribution is 2.39. The Labute approximate surface area is 134 Å². The maximum atomic E-state index is 10.9. The van der Waals surface area contributed by atoms with Crippen LogP contribution in [0.5, 0.6) is 11.5 Å². The van der Waals surface area contributed by atoms with Gasteiger partial charge < -0.3 is 23.4 Å². The monoisotopic (exact) mass is 314 g/mol.